The van der Waals surface area contributed by atoms with E-state index in [4.69, 9.17) is 21.6 Å². The molecule has 0 spiro atoms. The van der Waals surface area contributed by atoms with Gasteiger partial charge in [0.15, 0.2) is 11.6 Å². The van der Waals surface area contributed by atoms with Crippen LogP contribution >= 0.6 is 11.6 Å². The molecule has 5 rings (SSSR count). The highest BCUT2D eigenvalue weighted by molar-refractivity contribution is 6.33. The minimum absolute atomic E-state index is 0.163. The molecule has 1 aliphatic heterocycles. The molecule has 3 heterocycles. The minimum atomic E-state index is -0.498. The summed E-state index contributed by atoms with van der Waals surface area (Å²) in [6.07, 6.45) is 3.70. The van der Waals surface area contributed by atoms with Crippen LogP contribution in [0.5, 0.6) is 0 Å². The van der Waals surface area contributed by atoms with Crippen molar-refractivity contribution in [2.45, 2.75) is 18.9 Å². The fraction of sp³-hybridized carbons (Fsp3) is 0.375. The normalized spacial score (nSPS) is 15.9. The Labute approximate surface area is 206 Å². The molecule has 2 amide bonds. The summed E-state index contributed by atoms with van der Waals surface area (Å²) in [7, 11) is 3.35. The van der Waals surface area contributed by atoms with Gasteiger partial charge in [-0.15, -0.1) is 0 Å². The van der Waals surface area contributed by atoms with E-state index in [0.29, 0.717) is 60.6 Å². The Morgan fingerprint density at radius 3 is 2.51 bits per heavy atom. The fourth-order valence-corrected chi connectivity index (χ4v) is 4.19. The maximum atomic E-state index is 13.7. The first kappa shape index (κ1) is 23.2. The first-order valence-corrected chi connectivity index (χ1v) is 11.8. The summed E-state index contributed by atoms with van der Waals surface area (Å²) >= 11 is 6.13. The molecule has 35 heavy (non-hydrogen) atoms. The van der Waals surface area contributed by atoms with Gasteiger partial charge in [-0.05, 0) is 37.1 Å². The van der Waals surface area contributed by atoms with E-state index in [1.807, 2.05) is 0 Å². The van der Waals surface area contributed by atoms with Crippen LogP contribution in [0, 0.1) is 5.82 Å². The molecule has 1 aromatic carbocycles. The highest BCUT2D eigenvalue weighted by atomic mass is 35.5. The summed E-state index contributed by atoms with van der Waals surface area (Å²) in [6.45, 7) is 1.93. The Hall–Kier alpha value is -3.53. The molecule has 3 aromatic rings. The third kappa shape index (κ3) is 4.84. The van der Waals surface area contributed by atoms with Crippen LogP contribution in [0.1, 0.15) is 33.7 Å². The molecule has 0 atom stereocenters. The number of carbonyl (C=O) groups is 2. The molecule has 0 bridgehead atoms. The Kier molecular flexibility index (Phi) is 6.14. The standard InChI is InChI=1S/C24H25ClFN7O2/c1-31(2)24(35)19-12-18-20(13-27-19)30-22(21(29-18)28-15-4-5-15)32-7-9-33(10-8-32)23(34)16-11-14(26)3-6-17(16)25/h3,6,11-13,15H,4-5,7-10H2,1-2H3,(H,28,29). The van der Waals surface area contributed by atoms with E-state index in [0.717, 1.165) is 12.8 Å². The highest BCUT2D eigenvalue weighted by Crippen LogP contribution is 2.31. The average Bonchev–Trinajstić information content (AvgIpc) is 3.68. The smallest absolute Gasteiger partial charge is 0.272 e. The van der Waals surface area contributed by atoms with Crippen LogP contribution in [0.2, 0.25) is 5.02 Å². The van der Waals surface area contributed by atoms with Crippen LogP contribution in [0.25, 0.3) is 11.0 Å². The van der Waals surface area contributed by atoms with Crippen molar-refractivity contribution in [1.29, 1.82) is 0 Å². The molecule has 2 fully saturated rings. The number of halogens is 2. The number of benzene rings is 1. The van der Waals surface area contributed by atoms with Crippen molar-refractivity contribution >= 4 is 46.1 Å². The van der Waals surface area contributed by atoms with E-state index in [2.05, 4.69) is 15.2 Å². The molecule has 2 aromatic heterocycles. The maximum Gasteiger partial charge on any atom is 0.272 e. The van der Waals surface area contributed by atoms with Crippen molar-refractivity contribution < 1.29 is 14.0 Å². The Morgan fingerprint density at radius 2 is 1.83 bits per heavy atom. The van der Waals surface area contributed by atoms with E-state index in [9.17, 15) is 14.0 Å². The van der Waals surface area contributed by atoms with Gasteiger partial charge in [-0.1, -0.05) is 11.6 Å². The van der Waals surface area contributed by atoms with E-state index >= 15 is 0 Å². The van der Waals surface area contributed by atoms with E-state index in [1.165, 1.54) is 23.1 Å². The van der Waals surface area contributed by atoms with Crippen LogP contribution in [-0.2, 0) is 0 Å². The quantitative estimate of drug-likeness (QED) is 0.579. The molecule has 9 nitrogen and oxygen atoms in total. The number of aromatic nitrogens is 3. The molecular formula is C24H25ClFN7O2. The summed E-state index contributed by atoms with van der Waals surface area (Å²) in [4.78, 5) is 44.4. The predicted molar refractivity (Wildman–Crippen MR) is 132 cm³/mol. The number of nitrogens with zero attached hydrogens (tertiary/aromatic N) is 6. The molecular weight excluding hydrogens is 473 g/mol. The molecule has 1 saturated carbocycles. The van der Waals surface area contributed by atoms with Gasteiger partial charge >= 0.3 is 0 Å². The van der Waals surface area contributed by atoms with Gasteiger partial charge in [0.25, 0.3) is 11.8 Å². The van der Waals surface area contributed by atoms with Crippen LogP contribution in [0.3, 0.4) is 0 Å². The summed E-state index contributed by atoms with van der Waals surface area (Å²) in [5.74, 6) is 0.352. The highest BCUT2D eigenvalue weighted by Gasteiger charge is 2.29. The van der Waals surface area contributed by atoms with Gasteiger partial charge in [-0.2, -0.15) is 0 Å². The molecule has 1 aliphatic carbocycles. The first-order valence-electron chi connectivity index (χ1n) is 11.5. The number of piperazine rings is 1. The largest absolute Gasteiger partial charge is 0.364 e. The third-order valence-corrected chi connectivity index (χ3v) is 6.43. The number of carbonyl (C=O) groups excluding carboxylic acids is 2. The molecule has 1 saturated heterocycles. The van der Waals surface area contributed by atoms with E-state index < -0.39 is 5.82 Å². The van der Waals surface area contributed by atoms with Crippen molar-refractivity contribution in [3.05, 3.63) is 52.6 Å². The maximum absolute atomic E-state index is 13.7. The lowest BCUT2D eigenvalue weighted by molar-refractivity contribution is 0.0745. The number of anilines is 2. The monoisotopic (exact) mass is 497 g/mol. The zero-order valence-electron chi connectivity index (χ0n) is 19.5. The minimum Gasteiger partial charge on any atom is -0.364 e. The lowest BCUT2D eigenvalue weighted by Gasteiger charge is -2.36. The number of amides is 2. The average molecular weight is 498 g/mol. The molecule has 0 radical (unpaired) electrons. The van der Waals surface area contributed by atoms with E-state index in [1.54, 1.807) is 31.3 Å². The van der Waals surface area contributed by atoms with Crippen LogP contribution in [0.4, 0.5) is 16.0 Å². The second kappa shape index (κ2) is 9.26. The van der Waals surface area contributed by atoms with Crippen molar-refractivity contribution in [3.8, 4) is 0 Å². The molecule has 1 N–H and O–H groups in total. The number of fused-ring (bicyclic) bond motifs is 1. The summed E-state index contributed by atoms with van der Waals surface area (Å²) in [5.41, 5.74) is 1.65. The third-order valence-electron chi connectivity index (χ3n) is 6.10. The van der Waals surface area contributed by atoms with Gasteiger partial charge in [0.05, 0.1) is 22.3 Å². The van der Waals surface area contributed by atoms with Gasteiger partial charge in [-0.3, -0.25) is 9.59 Å². The van der Waals surface area contributed by atoms with Crippen LogP contribution in [0.15, 0.2) is 30.5 Å². The number of nitrogens with one attached hydrogen (secondary N) is 1. The SMILES string of the molecule is CN(C)C(=O)c1cc2nc(NC3CC3)c(N3CCN(C(=O)c4cc(F)ccc4Cl)CC3)nc2cn1. The number of pyridine rings is 1. The zero-order chi connectivity index (χ0) is 24.7. The number of rotatable bonds is 5. The zero-order valence-corrected chi connectivity index (χ0v) is 20.2. The topological polar surface area (TPSA) is 94.6 Å². The second-order valence-corrected chi connectivity index (χ2v) is 9.38. The number of hydrogen-bond acceptors (Lipinski definition) is 7. The van der Waals surface area contributed by atoms with Crippen molar-refractivity contribution in [1.82, 2.24) is 24.8 Å². The van der Waals surface area contributed by atoms with Gasteiger partial charge < -0.3 is 20.0 Å². The van der Waals surface area contributed by atoms with E-state index in [-0.39, 0.29) is 22.4 Å². The Balaban J connectivity index is 1.39. The van der Waals surface area contributed by atoms with Crippen molar-refractivity contribution in [3.63, 3.8) is 0 Å². The molecule has 2 aliphatic rings. The van der Waals surface area contributed by atoms with Gasteiger partial charge in [0.2, 0.25) is 0 Å². The first-order chi connectivity index (χ1) is 16.8. The second-order valence-electron chi connectivity index (χ2n) is 8.98. The van der Waals surface area contributed by atoms with Crippen LogP contribution < -0.4 is 10.2 Å². The Morgan fingerprint density at radius 1 is 1.09 bits per heavy atom. The lowest BCUT2D eigenvalue weighted by atomic mass is 10.1. The molecule has 11 heteroatoms. The molecule has 182 valence electrons. The van der Waals surface area contributed by atoms with Crippen molar-refractivity contribution in [2.75, 3.05) is 50.5 Å². The predicted octanol–water partition coefficient (Wildman–Crippen LogP) is 3.06. The van der Waals surface area contributed by atoms with Gasteiger partial charge in [-0.25, -0.2) is 19.3 Å². The molecule has 0 unspecified atom stereocenters. The lowest BCUT2D eigenvalue weighted by Crippen LogP contribution is -2.49. The van der Waals surface area contributed by atoms with Crippen LogP contribution in [-0.4, -0.2) is 82.9 Å². The Bertz CT molecular complexity index is 1310. The van der Waals surface area contributed by atoms with Crippen molar-refractivity contribution in [2.24, 2.45) is 0 Å². The summed E-state index contributed by atoms with van der Waals surface area (Å²) in [5, 5.41) is 3.68. The van der Waals surface area contributed by atoms with Gasteiger partial charge in [0.1, 0.15) is 17.0 Å². The fourth-order valence-electron chi connectivity index (χ4n) is 3.99. The number of hydrogen-bond donors (Lipinski definition) is 1. The summed E-state index contributed by atoms with van der Waals surface area (Å²) in [6, 6.07) is 5.81. The summed E-state index contributed by atoms with van der Waals surface area (Å²) < 4.78 is 13.7. The van der Waals surface area contributed by atoms with Gasteiger partial charge in [0, 0.05) is 46.3 Å².